The summed E-state index contributed by atoms with van der Waals surface area (Å²) in [6, 6.07) is 2.05. The van der Waals surface area contributed by atoms with Crippen molar-refractivity contribution in [3.05, 3.63) is 47.1 Å². The van der Waals surface area contributed by atoms with Crippen LogP contribution in [0.2, 0.25) is 0 Å². The van der Waals surface area contributed by atoms with Crippen LogP contribution >= 0.6 is 0 Å². The van der Waals surface area contributed by atoms with Gasteiger partial charge in [-0.2, -0.15) is 0 Å². The molecule has 0 aromatic carbocycles. The molecule has 29 heavy (non-hydrogen) atoms. The highest BCUT2D eigenvalue weighted by Gasteiger charge is 2.64. The van der Waals surface area contributed by atoms with E-state index >= 15 is 0 Å². The molecule has 6 atom stereocenters. The van der Waals surface area contributed by atoms with Crippen molar-refractivity contribution < 1.29 is 13.9 Å². The molecule has 1 saturated heterocycles. The zero-order valence-corrected chi connectivity index (χ0v) is 18.3. The summed E-state index contributed by atoms with van der Waals surface area (Å²) >= 11 is 0. The zero-order chi connectivity index (χ0) is 20.4. The van der Waals surface area contributed by atoms with Crippen LogP contribution in [0.3, 0.4) is 0 Å². The summed E-state index contributed by atoms with van der Waals surface area (Å²) in [4.78, 5) is 13.0. The van der Waals surface area contributed by atoms with E-state index in [1.54, 1.807) is 11.8 Å². The predicted octanol–water partition coefficient (Wildman–Crippen LogP) is 6.25. The molecule has 0 radical (unpaired) electrons. The molecule has 1 aromatic heterocycles. The Morgan fingerprint density at radius 1 is 1.24 bits per heavy atom. The number of hydrogen-bond donors (Lipinski definition) is 0. The number of furan rings is 1. The average molecular weight is 395 g/mol. The van der Waals surface area contributed by atoms with Crippen LogP contribution in [-0.2, 0) is 16.0 Å². The highest BCUT2D eigenvalue weighted by Crippen LogP contribution is 2.68. The molecule has 3 heteroatoms. The van der Waals surface area contributed by atoms with Crippen LogP contribution in [0.15, 0.2) is 46.0 Å². The van der Waals surface area contributed by atoms with Gasteiger partial charge in [0.1, 0.15) is 11.4 Å². The third kappa shape index (κ3) is 2.79. The van der Waals surface area contributed by atoms with E-state index in [2.05, 4.69) is 26.8 Å². The van der Waals surface area contributed by atoms with Crippen LogP contribution in [0.5, 0.6) is 0 Å². The van der Waals surface area contributed by atoms with Gasteiger partial charge in [0.15, 0.2) is 5.78 Å². The summed E-state index contributed by atoms with van der Waals surface area (Å²) in [5.74, 6) is 3.66. The van der Waals surface area contributed by atoms with Gasteiger partial charge in [0.25, 0.3) is 0 Å². The summed E-state index contributed by atoms with van der Waals surface area (Å²) in [7, 11) is 0. The highest BCUT2D eigenvalue weighted by atomic mass is 16.5. The number of Topliss-reactive ketones (excluding diaryl/α,β-unsaturated/α-hetero) is 1. The van der Waals surface area contributed by atoms with E-state index in [9.17, 15) is 4.79 Å². The lowest BCUT2D eigenvalue weighted by molar-refractivity contribution is -0.131. The minimum Gasteiger partial charge on any atom is -0.491 e. The van der Waals surface area contributed by atoms with Crippen molar-refractivity contribution in [2.75, 3.05) is 0 Å². The fourth-order valence-corrected chi connectivity index (χ4v) is 7.36. The topological polar surface area (TPSA) is 39.4 Å². The number of fused-ring (bicyclic) bond motifs is 1. The highest BCUT2D eigenvalue weighted by molar-refractivity contribution is 5.99. The Kier molecular flexibility index (Phi) is 4.38. The molecule has 4 aliphatic rings. The van der Waals surface area contributed by atoms with Gasteiger partial charge in [-0.3, -0.25) is 4.79 Å². The van der Waals surface area contributed by atoms with Gasteiger partial charge in [-0.05, 0) is 94.6 Å². The van der Waals surface area contributed by atoms with Gasteiger partial charge in [-0.25, -0.2) is 0 Å². The number of aryl methyl sites for hydroxylation is 1. The Hall–Kier alpha value is -1.77. The van der Waals surface area contributed by atoms with Gasteiger partial charge >= 0.3 is 0 Å². The maximum absolute atomic E-state index is 13.0. The summed E-state index contributed by atoms with van der Waals surface area (Å²) in [6.45, 7) is 9.02. The number of allylic oxidation sites excluding steroid dienone is 4. The molecule has 1 spiro atoms. The number of ketones is 1. The quantitative estimate of drug-likeness (QED) is 0.566. The van der Waals surface area contributed by atoms with E-state index in [1.807, 2.05) is 19.3 Å². The fraction of sp³-hybridized carbons (Fsp3) is 0.654. The SMILES string of the molecule is CC1=CC2CC(C)(CCCc3ccoc3)OC3=C(C)C(=O)CC32C2C(C)CCC12. The van der Waals surface area contributed by atoms with Gasteiger partial charge in [-0.1, -0.05) is 18.6 Å². The van der Waals surface area contributed by atoms with E-state index in [1.165, 1.54) is 18.4 Å². The summed E-state index contributed by atoms with van der Waals surface area (Å²) < 4.78 is 12.1. The van der Waals surface area contributed by atoms with Gasteiger partial charge in [0.05, 0.1) is 12.5 Å². The number of carbonyl (C=O) groups is 1. The van der Waals surface area contributed by atoms with Crippen LogP contribution < -0.4 is 0 Å². The van der Waals surface area contributed by atoms with Crippen molar-refractivity contribution in [2.45, 2.75) is 78.2 Å². The number of carbonyl (C=O) groups excluding carboxylic acids is 1. The van der Waals surface area contributed by atoms with Crippen molar-refractivity contribution in [3.63, 3.8) is 0 Å². The van der Waals surface area contributed by atoms with Gasteiger partial charge < -0.3 is 9.15 Å². The first kappa shape index (κ1) is 19.2. The molecule has 6 unspecified atom stereocenters. The molecule has 0 amide bonds. The largest absolute Gasteiger partial charge is 0.491 e. The Morgan fingerprint density at radius 2 is 2.07 bits per heavy atom. The van der Waals surface area contributed by atoms with E-state index in [0.29, 0.717) is 35.9 Å². The molecule has 2 fully saturated rings. The smallest absolute Gasteiger partial charge is 0.162 e. The third-order valence-corrected chi connectivity index (χ3v) is 8.67. The normalized spacial score (nSPS) is 41.0. The van der Waals surface area contributed by atoms with Crippen molar-refractivity contribution in [1.29, 1.82) is 0 Å². The maximum Gasteiger partial charge on any atom is 0.162 e. The lowest BCUT2D eigenvalue weighted by atomic mass is 9.52. The first-order valence-corrected chi connectivity index (χ1v) is 11.5. The predicted molar refractivity (Wildman–Crippen MR) is 113 cm³/mol. The molecule has 1 aromatic rings. The molecule has 3 aliphatic carbocycles. The van der Waals surface area contributed by atoms with Crippen LogP contribution in [0.4, 0.5) is 0 Å². The van der Waals surface area contributed by atoms with E-state index < -0.39 is 0 Å². The molecule has 0 bridgehead atoms. The Balaban J connectivity index is 1.48. The van der Waals surface area contributed by atoms with Crippen LogP contribution in [-0.4, -0.2) is 11.4 Å². The zero-order valence-electron chi connectivity index (χ0n) is 18.3. The van der Waals surface area contributed by atoms with E-state index in [-0.39, 0.29) is 11.0 Å². The standard InChI is InChI=1S/C26H34O3/c1-16-7-8-21-17(2)12-20-13-25(4,10-5-6-19-9-11-28-15-19)29-24-18(3)22(27)14-26(20,24)23(16)21/h9,11-12,15-16,20-21,23H,5-8,10,13-14H2,1-4H3. The van der Waals surface area contributed by atoms with Crippen molar-refractivity contribution in [2.24, 2.45) is 29.1 Å². The molecule has 2 heterocycles. The Morgan fingerprint density at radius 3 is 2.83 bits per heavy atom. The second kappa shape index (κ2) is 6.62. The van der Waals surface area contributed by atoms with Crippen LogP contribution in [0.25, 0.3) is 0 Å². The number of ether oxygens (including phenoxy) is 1. The second-order valence-corrected chi connectivity index (χ2v) is 10.5. The minimum absolute atomic E-state index is 0.0780. The summed E-state index contributed by atoms with van der Waals surface area (Å²) in [5.41, 5.74) is 3.44. The summed E-state index contributed by atoms with van der Waals surface area (Å²) in [6.07, 6.45) is 13.5. The van der Waals surface area contributed by atoms with Crippen LogP contribution in [0.1, 0.15) is 71.8 Å². The molecule has 1 saturated carbocycles. The molecular formula is C26H34O3. The van der Waals surface area contributed by atoms with Gasteiger partial charge in [0, 0.05) is 17.4 Å². The molecular weight excluding hydrogens is 360 g/mol. The fourth-order valence-electron chi connectivity index (χ4n) is 7.36. The second-order valence-electron chi connectivity index (χ2n) is 10.5. The molecule has 3 nitrogen and oxygen atoms in total. The molecule has 156 valence electrons. The third-order valence-electron chi connectivity index (χ3n) is 8.67. The Bertz CT molecular complexity index is 876. The number of rotatable bonds is 4. The first-order valence-electron chi connectivity index (χ1n) is 11.5. The minimum atomic E-state index is -0.204. The van der Waals surface area contributed by atoms with Gasteiger partial charge in [0.2, 0.25) is 0 Å². The molecule has 1 aliphatic heterocycles. The molecule has 5 rings (SSSR count). The van der Waals surface area contributed by atoms with Crippen LogP contribution in [0, 0.1) is 29.1 Å². The lowest BCUT2D eigenvalue weighted by Gasteiger charge is -2.56. The van der Waals surface area contributed by atoms with Crippen molar-refractivity contribution >= 4 is 5.78 Å². The van der Waals surface area contributed by atoms with Crippen molar-refractivity contribution in [3.8, 4) is 0 Å². The number of hydrogen-bond acceptors (Lipinski definition) is 3. The maximum atomic E-state index is 13.0. The lowest BCUT2D eigenvalue weighted by Crippen LogP contribution is -2.53. The Labute approximate surface area is 174 Å². The summed E-state index contributed by atoms with van der Waals surface area (Å²) in [5, 5.41) is 0. The first-order chi connectivity index (χ1) is 13.8. The van der Waals surface area contributed by atoms with E-state index in [0.717, 1.165) is 37.0 Å². The average Bonchev–Trinajstić information content (AvgIpc) is 3.37. The van der Waals surface area contributed by atoms with Crippen molar-refractivity contribution in [1.82, 2.24) is 0 Å². The molecule has 0 N–H and O–H groups in total. The van der Waals surface area contributed by atoms with E-state index in [4.69, 9.17) is 9.15 Å². The van der Waals surface area contributed by atoms with Gasteiger partial charge in [-0.15, -0.1) is 0 Å². The monoisotopic (exact) mass is 394 g/mol.